The van der Waals surface area contributed by atoms with Crippen molar-refractivity contribution < 1.29 is 19.1 Å². The van der Waals surface area contributed by atoms with Crippen LogP contribution in [-0.4, -0.2) is 64.8 Å². The van der Waals surface area contributed by atoms with Gasteiger partial charge in [0.2, 0.25) is 0 Å². The first-order valence-corrected chi connectivity index (χ1v) is 12.3. The lowest BCUT2D eigenvalue weighted by atomic mass is 10.1. The van der Waals surface area contributed by atoms with Crippen LogP contribution in [0.4, 0.5) is 10.6 Å². The maximum Gasteiger partial charge on any atom is 0.410 e. The van der Waals surface area contributed by atoms with Gasteiger partial charge in [0.15, 0.2) is 0 Å². The highest BCUT2D eigenvalue weighted by atomic mass is 16.6. The molecule has 2 aromatic carbocycles. The lowest BCUT2D eigenvalue weighted by Gasteiger charge is -2.24. The first-order valence-electron chi connectivity index (χ1n) is 12.3. The van der Waals surface area contributed by atoms with E-state index in [2.05, 4.69) is 10.3 Å². The monoisotopic (exact) mass is 503 g/mol. The molecule has 37 heavy (non-hydrogen) atoms. The maximum absolute atomic E-state index is 12.3. The van der Waals surface area contributed by atoms with E-state index in [0.29, 0.717) is 48.8 Å². The molecule has 4 rings (SSSR count). The third-order valence-electron chi connectivity index (χ3n) is 5.79. The van der Waals surface area contributed by atoms with Gasteiger partial charge >= 0.3 is 12.1 Å². The molecule has 2 N–H and O–H groups in total. The number of H-pyrrole nitrogens is 1. The number of aromatic amines is 1. The molecule has 2 aromatic heterocycles. The SMILES string of the molecule is COC(=O)c1ccc2c(c1)[nH]c1nc(Cc3ccccc3)nc(NCCCN(C)C(=O)OC(C)(C)C)c12. The standard InChI is InChI=1S/C28H33N5O4/c1-28(2,3)37-27(35)33(4)15-9-14-29-24-23-20-13-12-19(26(34)36-5)17-21(20)30-25(23)32-22(31-24)16-18-10-7-6-8-11-18/h6-8,10-13,17H,9,14-16H2,1-5H3,(H2,29,30,31,32). The van der Waals surface area contributed by atoms with Crippen molar-refractivity contribution in [2.24, 2.45) is 0 Å². The summed E-state index contributed by atoms with van der Waals surface area (Å²) in [5.74, 6) is 0.976. The molecule has 1 amide bonds. The number of nitrogens with one attached hydrogen (secondary N) is 2. The Morgan fingerprint density at radius 2 is 1.84 bits per heavy atom. The molecule has 0 unspecified atom stereocenters. The molecule has 0 aliphatic heterocycles. The molecular weight excluding hydrogens is 470 g/mol. The van der Waals surface area contributed by atoms with Gasteiger partial charge in [0.05, 0.1) is 18.1 Å². The number of hydrogen-bond donors (Lipinski definition) is 2. The van der Waals surface area contributed by atoms with Gasteiger partial charge in [-0.05, 0) is 44.9 Å². The summed E-state index contributed by atoms with van der Waals surface area (Å²) in [6.07, 6.45) is 0.930. The second-order valence-corrected chi connectivity index (χ2v) is 9.93. The van der Waals surface area contributed by atoms with Gasteiger partial charge in [-0.2, -0.15) is 0 Å². The summed E-state index contributed by atoms with van der Waals surface area (Å²) in [7, 11) is 3.09. The zero-order valence-electron chi connectivity index (χ0n) is 21.9. The van der Waals surface area contributed by atoms with Crippen molar-refractivity contribution in [3.8, 4) is 0 Å². The Morgan fingerprint density at radius 1 is 1.08 bits per heavy atom. The van der Waals surface area contributed by atoms with Gasteiger partial charge in [-0.15, -0.1) is 0 Å². The van der Waals surface area contributed by atoms with Crippen LogP contribution in [0.15, 0.2) is 48.5 Å². The number of aromatic nitrogens is 3. The second-order valence-electron chi connectivity index (χ2n) is 9.93. The number of fused-ring (bicyclic) bond motifs is 3. The smallest absolute Gasteiger partial charge is 0.410 e. The predicted molar refractivity (Wildman–Crippen MR) is 144 cm³/mol. The zero-order valence-corrected chi connectivity index (χ0v) is 21.9. The molecule has 9 nitrogen and oxygen atoms in total. The van der Waals surface area contributed by atoms with Crippen LogP contribution in [0.2, 0.25) is 0 Å². The molecule has 2 heterocycles. The average molecular weight is 504 g/mol. The summed E-state index contributed by atoms with van der Waals surface area (Å²) < 4.78 is 10.3. The Balaban J connectivity index is 1.59. The normalized spacial score (nSPS) is 11.5. The number of esters is 1. The van der Waals surface area contributed by atoms with E-state index < -0.39 is 11.6 Å². The fraction of sp³-hybridized carbons (Fsp3) is 0.357. The Labute approximate surface area is 216 Å². The van der Waals surface area contributed by atoms with Gasteiger partial charge in [-0.25, -0.2) is 19.6 Å². The molecule has 0 bridgehead atoms. The number of hydrogen-bond acceptors (Lipinski definition) is 7. The van der Waals surface area contributed by atoms with E-state index in [9.17, 15) is 9.59 Å². The number of carbonyl (C=O) groups is 2. The van der Waals surface area contributed by atoms with Gasteiger partial charge in [0.25, 0.3) is 0 Å². The Bertz CT molecular complexity index is 1410. The number of benzene rings is 2. The van der Waals surface area contributed by atoms with Crippen molar-refractivity contribution in [2.75, 3.05) is 32.6 Å². The minimum Gasteiger partial charge on any atom is -0.465 e. The summed E-state index contributed by atoms with van der Waals surface area (Å²) in [4.78, 5) is 38.8. The van der Waals surface area contributed by atoms with Crippen LogP contribution in [0, 0.1) is 0 Å². The summed E-state index contributed by atoms with van der Waals surface area (Å²) in [6.45, 7) is 6.68. The fourth-order valence-corrected chi connectivity index (χ4v) is 4.03. The van der Waals surface area contributed by atoms with E-state index in [-0.39, 0.29) is 6.09 Å². The van der Waals surface area contributed by atoms with Gasteiger partial charge in [-0.3, -0.25) is 0 Å². The van der Waals surface area contributed by atoms with E-state index in [1.54, 1.807) is 24.1 Å². The third-order valence-corrected chi connectivity index (χ3v) is 5.79. The summed E-state index contributed by atoms with van der Waals surface area (Å²) in [5.41, 5.74) is 2.49. The van der Waals surface area contributed by atoms with Crippen LogP contribution in [0.25, 0.3) is 21.9 Å². The largest absolute Gasteiger partial charge is 0.465 e. The van der Waals surface area contributed by atoms with Crippen LogP contribution in [-0.2, 0) is 15.9 Å². The number of anilines is 1. The number of amides is 1. The van der Waals surface area contributed by atoms with Crippen molar-refractivity contribution in [1.29, 1.82) is 0 Å². The molecule has 0 saturated heterocycles. The number of methoxy groups -OCH3 is 1. The molecule has 194 valence electrons. The van der Waals surface area contributed by atoms with Gasteiger partial charge < -0.3 is 24.7 Å². The Kier molecular flexibility index (Phi) is 7.61. The van der Waals surface area contributed by atoms with Crippen LogP contribution in [0.3, 0.4) is 0 Å². The molecule has 0 spiro atoms. The van der Waals surface area contributed by atoms with Gasteiger partial charge in [0.1, 0.15) is 22.9 Å². The molecular formula is C28H33N5O4. The van der Waals surface area contributed by atoms with Crippen LogP contribution in [0.1, 0.15) is 48.9 Å². The average Bonchev–Trinajstić information content (AvgIpc) is 3.23. The highest BCUT2D eigenvalue weighted by Crippen LogP contribution is 2.31. The molecule has 0 aliphatic rings. The van der Waals surface area contributed by atoms with E-state index in [1.807, 2.05) is 57.2 Å². The summed E-state index contributed by atoms with van der Waals surface area (Å²) in [5, 5.41) is 5.20. The van der Waals surface area contributed by atoms with Crippen molar-refractivity contribution in [1.82, 2.24) is 19.9 Å². The zero-order chi connectivity index (χ0) is 26.6. The van der Waals surface area contributed by atoms with Crippen LogP contribution >= 0.6 is 0 Å². The lowest BCUT2D eigenvalue weighted by molar-refractivity contribution is 0.0298. The van der Waals surface area contributed by atoms with E-state index >= 15 is 0 Å². The summed E-state index contributed by atoms with van der Waals surface area (Å²) >= 11 is 0. The van der Waals surface area contributed by atoms with Gasteiger partial charge in [0, 0.05) is 37.5 Å². The van der Waals surface area contributed by atoms with E-state index in [4.69, 9.17) is 19.4 Å². The van der Waals surface area contributed by atoms with Crippen molar-refractivity contribution in [3.63, 3.8) is 0 Å². The molecule has 0 saturated carbocycles. The molecule has 4 aromatic rings. The Hall–Kier alpha value is -4.14. The van der Waals surface area contributed by atoms with Crippen molar-refractivity contribution >= 4 is 39.8 Å². The predicted octanol–water partition coefficient (Wildman–Crippen LogP) is 5.16. The van der Waals surface area contributed by atoms with Crippen LogP contribution in [0.5, 0.6) is 0 Å². The number of carbonyl (C=O) groups excluding carboxylic acids is 2. The van der Waals surface area contributed by atoms with Crippen molar-refractivity contribution in [2.45, 2.75) is 39.2 Å². The maximum atomic E-state index is 12.3. The quantitative estimate of drug-likeness (QED) is 0.253. The first kappa shape index (κ1) is 25.9. The lowest BCUT2D eigenvalue weighted by Crippen LogP contribution is -2.35. The molecule has 0 atom stereocenters. The number of ether oxygens (including phenoxy) is 2. The third kappa shape index (κ3) is 6.35. The molecule has 0 radical (unpaired) electrons. The van der Waals surface area contributed by atoms with Gasteiger partial charge in [-0.1, -0.05) is 36.4 Å². The van der Waals surface area contributed by atoms with E-state index in [0.717, 1.165) is 21.9 Å². The molecule has 0 fully saturated rings. The minimum atomic E-state index is -0.533. The van der Waals surface area contributed by atoms with E-state index in [1.165, 1.54) is 7.11 Å². The molecule has 9 heteroatoms. The summed E-state index contributed by atoms with van der Waals surface area (Å²) in [6, 6.07) is 15.4. The number of rotatable bonds is 8. The van der Waals surface area contributed by atoms with Crippen molar-refractivity contribution in [3.05, 3.63) is 65.5 Å². The van der Waals surface area contributed by atoms with Crippen LogP contribution < -0.4 is 5.32 Å². The highest BCUT2D eigenvalue weighted by Gasteiger charge is 2.20. The first-order chi connectivity index (χ1) is 17.6. The number of nitrogens with zero attached hydrogens (tertiary/aromatic N) is 3. The second kappa shape index (κ2) is 10.9. The minimum absolute atomic E-state index is 0.347. The highest BCUT2D eigenvalue weighted by molar-refractivity contribution is 6.12. The topological polar surface area (TPSA) is 109 Å². The molecule has 0 aliphatic carbocycles. The fourth-order valence-electron chi connectivity index (χ4n) is 4.03. The Morgan fingerprint density at radius 3 is 2.54 bits per heavy atom.